The fraction of sp³-hybridized carbons (Fsp3) is 0.650. The maximum absolute atomic E-state index is 13.8. The number of rotatable bonds is 12. The van der Waals surface area contributed by atoms with Crippen LogP contribution in [0.4, 0.5) is 74.6 Å². The number of unbranched alkanes of at least 4 members (excludes halogenated alkanes) is 1. The Kier molecular flexibility index (Phi) is 9.28. The Hall–Kier alpha value is -2.50. The van der Waals surface area contributed by atoms with Crippen LogP contribution in [0.15, 0.2) is 24.3 Å². The lowest BCUT2D eigenvalue weighted by molar-refractivity contribution is -0.461. The minimum Gasteiger partial charge on any atom is -0.462 e. The van der Waals surface area contributed by atoms with Crippen LogP contribution in [0.25, 0.3) is 0 Å². The molecule has 0 saturated carbocycles. The summed E-state index contributed by atoms with van der Waals surface area (Å²) in [6.07, 6.45) is -12.6. The molecule has 2 nitrogen and oxygen atoms in total. The molecule has 0 spiro atoms. The van der Waals surface area contributed by atoms with Crippen molar-refractivity contribution >= 4 is 5.97 Å². The SMILES string of the molecule is Cc1ccc(C(=O)OCCCCC(F)(F)C(F)(F)C(F)(F)C(F)(F)C(F)(F)C(F)(F)C(F)(F)C(F)(F)F)cc1. The summed E-state index contributed by atoms with van der Waals surface area (Å²) in [4.78, 5) is 11.7. The zero-order valence-electron chi connectivity index (χ0n) is 18.9. The van der Waals surface area contributed by atoms with Gasteiger partial charge in [-0.25, -0.2) is 4.79 Å². The molecule has 0 N–H and O–H groups in total. The van der Waals surface area contributed by atoms with Gasteiger partial charge in [-0.3, -0.25) is 0 Å². The molecule has 0 aromatic heterocycles. The van der Waals surface area contributed by atoms with Gasteiger partial charge < -0.3 is 4.74 Å². The summed E-state index contributed by atoms with van der Waals surface area (Å²) in [5.41, 5.74) is 0.626. The average molecular weight is 610 g/mol. The Morgan fingerprint density at radius 2 is 0.974 bits per heavy atom. The van der Waals surface area contributed by atoms with Crippen LogP contribution < -0.4 is 0 Å². The van der Waals surface area contributed by atoms with Crippen molar-refractivity contribution in [2.75, 3.05) is 6.61 Å². The number of alkyl halides is 17. The Morgan fingerprint density at radius 3 is 1.38 bits per heavy atom. The molecule has 1 aromatic carbocycles. The number of esters is 1. The van der Waals surface area contributed by atoms with E-state index >= 15 is 0 Å². The molecule has 0 aliphatic heterocycles. The van der Waals surface area contributed by atoms with E-state index in [9.17, 15) is 79.4 Å². The molecule has 0 atom stereocenters. The second-order valence-corrected chi connectivity index (χ2v) is 8.11. The molecule has 1 aromatic rings. The maximum atomic E-state index is 13.8. The van der Waals surface area contributed by atoms with E-state index < -0.39 is 79.5 Å². The van der Waals surface area contributed by atoms with Crippen LogP contribution >= 0.6 is 0 Å². The van der Waals surface area contributed by atoms with Gasteiger partial charge in [-0.05, 0) is 31.9 Å². The van der Waals surface area contributed by atoms with Crippen LogP contribution in [0.5, 0.6) is 0 Å². The first kappa shape index (κ1) is 34.5. The zero-order chi connectivity index (χ0) is 31.1. The largest absolute Gasteiger partial charge is 0.462 e. The Balaban J connectivity index is 3.08. The van der Waals surface area contributed by atoms with E-state index in [2.05, 4.69) is 4.74 Å². The monoisotopic (exact) mass is 610 g/mol. The molecule has 0 fully saturated rings. The van der Waals surface area contributed by atoms with Gasteiger partial charge in [0, 0.05) is 6.42 Å². The predicted octanol–water partition coefficient (Wildman–Crippen LogP) is 8.33. The summed E-state index contributed by atoms with van der Waals surface area (Å²) in [5, 5.41) is 0. The number of carbonyl (C=O) groups is 1. The Labute approximate surface area is 207 Å². The van der Waals surface area contributed by atoms with E-state index in [-0.39, 0.29) is 5.56 Å². The van der Waals surface area contributed by atoms with E-state index in [1.165, 1.54) is 24.3 Å². The molecule has 0 aliphatic carbocycles. The van der Waals surface area contributed by atoms with Crippen molar-refractivity contribution in [2.45, 2.75) is 73.8 Å². The van der Waals surface area contributed by atoms with Crippen LogP contribution in [0, 0.1) is 6.92 Å². The number of carbonyl (C=O) groups excluding carboxylic acids is 1. The molecule has 0 heterocycles. The molecule has 0 amide bonds. The fourth-order valence-electron chi connectivity index (χ4n) is 2.74. The molecular weight excluding hydrogens is 595 g/mol. The van der Waals surface area contributed by atoms with E-state index in [4.69, 9.17) is 0 Å². The second-order valence-electron chi connectivity index (χ2n) is 8.11. The van der Waals surface area contributed by atoms with Gasteiger partial charge in [-0.1, -0.05) is 17.7 Å². The molecule has 0 unspecified atom stereocenters. The van der Waals surface area contributed by atoms with Gasteiger partial charge in [0.05, 0.1) is 12.2 Å². The number of halogens is 17. The molecule has 19 heteroatoms. The Morgan fingerprint density at radius 1 is 0.590 bits per heavy atom. The summed E-state index contributed by atoms with van der Waals surface area (Å²) in [5.74, 6) is -57.5. The minimum atomic E-state index is -8.65. The predicted molar refractivity (Wildman–Crippen MR) is 96.0 cm³/mol. The highest BCUT2D eigenvalue weighted by Crippen LogP contribution is 2.64. The van der Waals surface area contributed by atoms with Gasteiger partial charge >= 0.3 is 53.6 Å². The van der Waals surface area contributed by atoms with Crippen LogP contribution in [-0.2, 0) is 4.74 Å². The van der Waals surface area contributed by atoms with Crippen molar-refractivity contribution in [3.63, 3.8) is 0 Å². The van der Waals surface area contributed by atoms with E-state index in [1.54, 1.807) is 6.92 Å². The van der Waals surface area contributed by atoms with Crippen molar-refractivity contribution in [1.29, 1.82) is 0 Å². The van der Waals surface area contributed by atoms with Crippen molar-refractivity contribution in [1.82, 2.24) is 0 Å². The first-order chi connectivity index (χ1) is 17.1. The third-order valence-electron chi connectivity index (χ3n) is 5.19. The van der Waals surface area contributed by atoms with Gasteiger partial charge in [-0.2, -0.15) is 74.6 Å². The summed E-state index contributed by atoms with van der Waals surface area (Å²) in [6, 6.07) is 5.38. The molecule has 0 bridgehead atoms. The van der Waals surface area contributed by atoms with Gasteiger partial charge in [0.25, 0.3) is 0 Å². The molecular formula is C20H15F17O2. The van der Waals surface area contributed by atoms with E-state index in [0.29, 0.717) is 5.56 Å². The van der Waals surface area contributed by atoms with Crippen molar-refractivity contribution < 1.29 is 84.2 Å². The highest BCUT2D eigenvalue weighted by Gasteiger charge is 2.95. The standard InChI is InChI=1S/C20H15F17O2/c1-10-4-6-11(7-5-10)12(38)39-9-3-2-8-13(21,22)14(23,24)15(25,26)16(27,28)17(29,30)18(31,32)19(33,34)20(35,36)37/h4-7H,2-3,8-9H2,1H3. The quantitative estimate of drug-likeness (QED) is 0.135. The molecule has 1 rings (SSSR count). The summed E-state index contributed by atoms with van der Waals surface area (Å²) in [6.45, 7) is 0.784. The van der Waals surface area contributed by atoms with Gasteiger partial charge in [0.1, 0.15) is 0 Å². The smallest absolute Gasteiger partial charge is 0.460 e. The van der Waals surface area contributed by atoms with Crippen molar-refractivity contribution in [2.24, 2.45) is 0 Å². The summed E-state index contributed by atoms with van der Waals surface area (Å²) >= 11 is 0. The lowest BCUT2D eigenvalue weighted by atomic mass is 9.88. The lowest BCUT2D eigenvalue weighted by Crippen LogP contribution is -2.74. The lowest BCUT2D eigenvalue weighted by Gasteiger charge is -2.42. The highest BCUT2D eigenvalue weighted by atomic mass is 19.4. The van der Waals surface area contributed by atoms with Crippen LogP contribution in [0.2, 0.25) is 0 Å². The summed E-state index contributed by atoms with van der Waals surface area (Å²) < 4.78 is 229. The van der Waals surface area contributed by atoms with Crippen LogP contribution in [0.1, 0.15) is 35.2 Å². The number of ether oxygens (including phenoxy) is 1. The van der Waals surface area contributed by atoms with Crippen LogP contribution in [0.3, 0.4) is 0 Å². The van der Waals surface area contributed by atoms with E-state index in [0.717, 1.165) is 0 Å². The third-order valence-corrected chi connectivity index (χ3v) is 5.19. The summed E-state index contributed by atoms with van der Waals surface area (Å²) in [7, 11) is 0. The van der Waals surface area contributed by atoms with Crippen LogP contribution in [-0.4, -0.2) is 60.2 Å². The molecule has 39 heavy (non-hydrogen) atoms. The number of hydrogen-bond acceptors (Lipinski definition) is 2. The van der Waals surface area contributed by atoms with Crippen molar-refractivity contribution in [3.8, 4) is 0 Å². The molecule has 0 aliphatic rings. The third kappa shape index (κ3) is 5.71. The molecule has 0 saturated heterocycles. The number of hydrogen-bond donors (Lipinski definition) is 0. The Bertz CT molecular complexity index is 996. The molecule has 226 valence electrons. The van der Waals surface area contributed by atoms with Gasteiger partial charge in [0.15, 0.2) is 0 Å². The average Bonchev–Trinajstić information content (AvgIpc) is 2.77. The van der Waals surface area contributed by atoms with E-state index in [1.807, 2.05) is 0 Å². The first-order valence-electron chi connectivity index (χ1n) is 10.1. The minimum absolute atomic E-state index is 0.0758. The number of aryl methyl sites for hydroxylation is 1. The molecule has 0 radical (unpaired) electrons. The maximum Gasteiger partial charge on any atom is 0.460 e. The van der Waals surface area contributed by atoms with Gasteiger partial charge in [0.2, 0.25) is 0 Å². The van der Waals surface area contributed by atoms with Crippen molar-refractivity contribution in [3.05, 3.63) is 35.4 Å². The normalized spacial score (nSPS) is 14.9. The zero-order valence-corrected chi connectivity index (χ0v) is 18.9. The first-order valence-corrected chi connectivity index (χ1v) is 10.1. The number of benzene rings is 1. The second kappa shape index (κ2) is 10.5. The fourth-order valence-corrected chi connectivity index (χ4v) is 2.74. The van der Waals surface area contributed by atoms with Gasteiger partial charge in [-0.15, -0.1) is 0 Å². The topological polar surface area (TPSA) is 26.3 Å². The highest BCUT2D eigenvalue weighted by molar-refractivity contribution is 5.89.